The molecule has 0 saturated heterocycles. The first-order valence-corrected chi connectivity index (χ1v) is 8.09. The summed E-state index contributed by atoms with van der Waals surface area (Å²) in [4.78, 5) is 18.2. The summed E-state index contributed by atoms with van der Waals surface area (Å²) in [6.07, 6.45) is 0. The van der Waals surface area contributed by atoms with E-state index in [1.165, 1.54) is 7.11 Å². The molecule has 0 unspecified atom stereocenters. The number of nitrogens with zero attached hydrogens (tertiary/aromatic N) is 4. The largest absolute Gasteiger partial charge is 0.465 e. The molecule has 0 N–H and O–H groups in total. The minimum absolute atomic E-state index is 0.375. The maximum atomic E-state index is 11.5. The number of carbonyl (C=O) groups is 1. The molecule has 0 saturated carbocycles. The molecule has 136 valence electrons. The molecule has 0 aliphatic heterocycles. The summed E-state index contributed by atoms with van der Waals surface area (Å²) in [6.45, 7) is 4.94. The molecule has 1 aromatic carbocycles. The van der Waals surface area contributed by atoms with Gasteiger partial charge in [0.1, 0.15) is 17.1 Å². The second kappa shape index (κ2) is 7.49. The van der Waals surface area contributed by atoms with E-state index in [2.05, 4.69) is 20.2 Å². The number of benzene rings is 1. The van der Waals surface area contributed by atoms with Gasteiger partial charge in [-0.05, 0) is 45.2 Å². The number of carbonyl (C=O) groups excluding carboxylic acids is 1. The average Bonchev–Trinajstić information content (AvgIpc) is 3.20. The number of hydrogen-bond donors (Lipinski definition) is 0. The van der Waals surface area contributed by atoms with Crippen LogP contribution < -0.4 is 0 Å². The van der Waals surface area contributed by atoms with Gasteiger partial charge in [0.2, 0.25) is 5.89 Å². The third-order valence-electron chi connectivity index (χ3n) is 4.03. The minimum Gasteiger partial charge on any atom is -0.465 e. The molecule has 26 heavy (non-hydrogen) atoms. The number of aromatic nitrogens is 3. The van der Waals surface area contributed by atoms with Crippen molar-refractivity contribution in [2.24, 2.45) is 0 Å². The summed E-state index contributed by atoms with van der Waals surface area (Å²) in [5.41, 5.74) is 3.70. The van der Waals surface area contributed by atoms with Crippen LogP contribution in [0.15, 0.2) is 33.3 Å². The number of ether oxygens (including phenoxy) is 1. The normalized spacial score (nSPS) is 11.1. The second-order valence-corrected chi connectivity index (χ2v) is 6.06. The Balaban J connectivity index is 1.72. The third kappa shape index (κ3) is 3.80. The molecule has 0 aliphatic carbocycles. The van der Waals surface area contributed by atoms with Gasteiger partial charge in [0.05, 0.1) is 18.4 Å². The van der Waals surface area contributed by atoms with Gasteiger partial charge in [-0.25, -0.2) is 14.4 Å². The Morgan fingerprint density at radius 2 is 1.81 bits per heavy atom. The predicted molar refractivity (Wildman–Crippen MR) is 92.2 cm³/mol. The van der Waals surface area contributed by atoms with Crippen molar-refractivity contribution in [3.63, 3.8) is 0 Å². The molecular formula is C18H20N4O4. The van der Waals surface area contributed by atoms with Crippen LogP contribution in [0.4, 0.5) is 0 Å². The van der Waals surface area contributed by atoms with Gasteiger partial charge in [-0.15, -0.1) is 0 Å². The van der Waals surface area contributed by atoms with Crippen LogP contribution in [-0.2, 0) is 17.8 Å². The summed E-state index contributed by atoms with van der Waals surface area (Å²) in [7, 11) is 3.32. The van der Waals surface area contributed by atoms with Crippen molar-refractivity contribution in [2.75, 3.05) is 14.2 Å². The van der Waals surface area contributed by atoms with E-state index < -0.39 is 0 Å². The first kappa shape index (κ1) is 17.8. The maximum Gasteiger partial charge on any atom is 0.337 e. The molecule has 0 fully saturated rings. The Hall–Kier alpha value is -3.00. The van der Waals surface area contributed by atoms with Gasteiger partial charge >= 0.3 is 5.97 Å². The van der Waals surface area contributed by atoms with Crippen molar-refractivity contribution in [3.8, 4) is 11.5 Å². The monoisotopic (exact) mass is 356 g/mol. The van der Waals surface area contributed by atoms with E-state index in [1.807, 2.05) is 20.9 Å². The molecule has 0 amide bonds. The van der Waals surface area contributed by atoms with Crippen LogP contribution >= 0.6 is 0 Å². The van der Waals surface area contributed by atoms with Crippen LogP contribution in [0.2, 0.25) is 0 Å². The smallest absolute Gasteiger partial charge is 0.337 e. The average molecular weight is 356 g/mol. The number of oxazole rings is 1. The highest BCUT2D eigenvalue weighted by molar-refractivity contribution is 5.89. The van der Waals surface area contributed by atoms with Crippen LogP contribution in [0, 0.1) is 13.8 Å². The predicted octanol–water partition coefficient (Wildman–Crippen LogP) is 2.76. The van der Waals surface area contributed by atoms with Gasteiger partial charge < -0.3 is 9.15 Å². The van der Waals surface area contributed by atoms with Crippen LogP contribution in [0.3, 0.4) is 0 Å². The van der Waals surface area contributed by atoms with Gasteiger partial charge in [-0.3, -0.25) is 4.90 Å². The zero-order valence-electron chi connectivity index (χ0n) is 15.1. The van der Waals surface area contributed by atoms with Crippen molar-refractivity contribution in [1.82, 2.24) is 20.2 Å². The fourth-order valence-electron chi connectivity index (χ4n) is 2.53. The number of aryl methyl sites for hydroxylation is 2. The van der Waals surface area contributed by atoms with E-state index in [1.54, 1.807) is 24.3 Å². The number of hydrogen-bond acceptors (Lipinski definition) is 8. The summed E-state index contributed by atoms with van der Waals surface area (Å²) in [5.74, 6) is 0.889. The van der Waals surface area contributed by atoms with E-state index in [-0.39, 0.29) is 5.97 Å². The van der Waals surface area contributed by atoms with Crippen LogP contribution in [0.25, 0.3) is 11.5 Å². The lowest BCUT2D eigenvalue weighted by Crippen LogP contribution is -2.18. The molecular weight excluding hydrogens is 336 g/mol. The highest BCUT2D eigenvalue weighted by atomic mass is 16.6. The van der Waals surface area contributed by atoms with Gasteiger partial charge in [-0.1, -0.05) is 10.3 Å². The standard InChI is InChI=1S/C18H20N4O4/c1-11-15(21-26-20-11)9-22(3)10-16-12(2)25-17(19-16)13-5-7-14(8-6-13)18(23)24-4/h5-8H,9-10H2,1-4H3. The van der Waals surface area contributed by atoms with E-state index in [4.69, 9.17) is 13.8 Å². The van der Waals surface area contributed by atoms with Gasteiger partial charge in [-0.2, -0.15) is 0 Å². The number of esters is 1. The Labute approximate surface area is 150 Å². The number of rotatable bonds is 6. The molecule has 8 heteroatoms. The zero-order valence-corrected chi connectivity index (χ0v) is 15.1. The van der Waals surface area contributed by atoms with Crippen molar-refractivity contribution >= 4 is 5.97 Å². The molecule has 3 rings (SSSR count). The highest BCUT2D eigenvalue weighted by Gasteiger charge is 2.16. The Kier molecular flexibility index (Phi) is 5.13. The maximum absolute atomic E-state index is 11.5. The van der Waals surface area contributed by atoms with E-state index in [0.717, 1.165) is 28.4 Å². The van der Waals surface area contributed by atoms with Crippen molar-refractivity contribution in [3.05, 3.63) is 52.7 Å². The van der Waals surface area contributed by atoms with Crippen molar-refractivity contribution in [2.45, 2.75) is 26.9 Å². The Bertz CT molecular complexity index is 898. The quantitative estimate of drug-likeness (QED) is 0.622. The lowest BCUT2D eigenvalue weighted by Gasteiger charge is -2.13. The SMILES string of the molecule is COC(=O)c1ccc(-c2nc(CN(C)Cc3nonc3C)c(C)o2)cc1. The molecule has 2 aromatic heterocycles. The summed E-state index contributed by atoms with van der Waals surface area (Å²) in [5, 5.41) is 7.68. The summed E-state index contributed by atoms with van der Waals surface area (Å²) >= 11 is 0. The van der Waals surface area contributed by atoms with Gasteiger partial charge in [0.15, 0.2) is 0 Å². The Morgan fingerprint density at radius 1 is 1.12 bits per heavy atom. The lowest BCUT2D eigenvalue weighted by molar-refractivity contribution is 0.0600. The van der Waals surface area contributed by atoms with Crippen LogP contribution in [-0.4, -0.2) is 40.3 Å². The first-order valence-electron chi connectivity index (χ1n) is 8.09. The number of methoxy groups -OCH3 is 1. The fourth-order valence-corrected chi connectivity index (χ4v) is 2.53. The molecule has 8 nitrogen and oxygen atoms in total. The second-order valence-electron chi connectivity index (χ2n) is 6.06. The molecule has 0 radical (unpaired) electrons. The van der Waals surface area contributed by atoms with Gasteiger partial charge in [0, 0.05) is 18.7 Å². The van der Waals surface area contributed by atoms with E-state index in [9.17, 15) is 4.79 Å². The first-order chi connectivity index (χ1) is 12.5. The molecule has 0 atom stereocenters. The minimum atomic E-state index is -0.375. The van der Waals surface area contributed by atoms with Crippen LogP contribution in [0.1, 0.15) is 33.2 Å². The lowest BCUT2D eigenvalue weighted by atomic mass is 10.1. The molecule has 3 aromatic rings. The van der Waals surface area contributed by atoms with E-state index in [0.29, 0.717) is 24.5 Å². The van der Waals surface area contributed by atoms with E-state index >= 15 is 0 Å². The van der Waals surface area contributed by atoms with Gasteiger partial charge in [0.25, 0.3) is 0 Å². The molecule has 2 heterocycles. The topological polar surface area (TPSA) is 94.5 Å². The summed E-state index contributed by atoms with van der Waals surface area (Å²) < 4.78 is 15.2. The Morgan fingerprint density at radius 3 is 2.42 bits per heavy atom. The zero-order chi connectivity index (χ0) is 18.7. The molecule has 0 aliphatic rings. The highest BCUT2D eigenvalue weighted by Crippen LogP contribution is 2.23. The fraction of sp³-hybridized carbons (Fsp3) is 0.333. The summed E-state index contributed by atoms with van der Waals surface area (Å²) in [6, 6.07) is 6.95. The van der Waals surface area contributed by atoms with Crippen molar-refractivity contribution < 1.29 is 18.6 Å². The van der Waals surface area contributed by atoms with Crippen molar-refractivity contribution in [1.29, 1.82) is 0 Å². The third-order valence-corrected chi connectivity index (χ3v) is 4.03. The molecule has 0 spiro atoms. The van der Waals surface area contributed by atoms with Crippen LogP contribution in [0.5, 0.6) is 0 Å². The molecule has 0 bridgehead atoms.